The standard InChI is InChI=1S/C14H10ClFO/c1-9-2-7-12(16)8-13(9)14(17)10-3-5-11(15)6-4-10/h2-8H,1H3. The van der Waals surface area contributed by atoms with Crippen molar-refractivity contribution < 1.29 is 9.18 Å². The lowest BCUT2D eigenvalue weighted by Crippen LogP contribution is -2.04. The Hall–Kier alpha value is -1.67. The highest BCUT2D eigenvalue weighted by Crippen LogP contribution is 2.17. The summed E-state index contributed by atoms with van der Waals surface area (Å²) in [7, 11) is 0. The first-order valence-electron chi connectivity index (χ1n) is 5.14. The minimum Gasteiger partial charge on any atom is -0.289 e. The third-order valence-corrected chi connectivity index (χ3v) is 2.80. The molecule has 2 rings (SSSR count). The van der Waals surface area contributed by atoms with E-state index in [-0.39, 0.29) is 5.78 Å². The van der Waals surface area contributed by atoms with Gasteiger partial charge in [0.05, 0.1) is 0 Å². The molecule has 0 aliphatic heterocycles. The van der Waals surface area contributed by atoms with Gasteiger partial charge in [0.25, 0.3) is 0 Å². The molecule has 0 saturated heterocycles. The SMILES string of the molecule is Cc1ccc(F)cc1C(=O)c1ccc(Cl)cc1. The third kappa shape index (κ3) is 2.53. The first kappa shape index (κ1) is 11.8. The fraction of sp³-hybridized carbons (Fsp3) is 0.0714. The second-order valence-electron chi connectivity index (χ2n) is 3.80. The largest absolute Gasteiger partial charge is 0.289 e. The summed E-state index contributed by atoms with van der Waals surface area (Å²) in [5.74, 6) is -0.605. The highest BCUT2D eigenvalue weighted by atomic mass is 35.5. The van der Waals surface area contributed by atoms with Crippen molar-refractivity contribution in [1.82, 2.24) is 0 Å². The summed E-state index contributed by atoms with van der Waals surface area (Å²) in [5, 5.41) is 0.567. The lowest BCUT2D eigenvalue weighted by atomic mass is 9.99. The molecule has 0 saturated carbocycles. The molecule has 1 nitrogen and oxygen atoms in total. The molecule has 0 spiro atoms. The molecule has 0 aliphatic carbocycles. The summed E-state index contributed by atoms with van der Waals surface area (Å²) in [4.78, 5) is 12.1. The van der Waals surface area contributed by atoms with Crippen LogP contribution in [0.2, 0.25) is 5.02 Å². The number of hydrogen-bond donors (Lipinski definition) is 0. The van der Waals surface area contributed by atoms with Gasteiger partial charge in [0.15, 0.2) is 5.78 Å². The maximum atomic E-state index is 13.1. The monoisotopic (exact) mass is 248 g/mol. The van der Waals surface area contributed by atoms with Crippen LogP contribution in [0.15, 0.2) is 42.5 Å². The number of aryl methyl sites for hydroxylation is 1. The van der Waals surface area contributed by atoms with Gasteiger partial charge in [-0.2, -0.15) is 0 Å². The first-order valence-corrected chi connectivity index (χ1v) is 5.52. The van der Waals surface area contributed by atoms with Crippen LogP contribution >= 0.6 is 11.6 Å². The number of ketones is 1. The van der Waals surface area contributed by atoms with Gasteiger partial charge in [-0.3, -0.25) is 4.79 Å². The van der Waals surface area contributed by atoms with Gasteiger partial charge in [0.1, 0.15) is 5.82 Å². The van der Waals surface area contributed by atoms with E-state index in [0.29, 0.717) is 16.1 Å². The molecule has 86 valence electrons. The summed E-state index contributed by atoms with van der Waals surface area (Å²) in [6.07, 6.45) is 0. The second-order valence-corrected chi connectivity index (χ2v) is 4.23. The van der Waals surface area contributed by atoms with E-state index in [2.05, 4.69) is 0 Å². The minimum atomic E-state index is -0.409. The fourth-order valence-electron chi connectivity index (χ4n) is 1.60. The van der Waals surface area contributed by atoms with E-state index in [1.54, 1.807) is 37.3 Å². The highest BCUT2D eigenvalue weighted by molar-refractivity contribution is 6.30. The van der Waals surface area contributed by atoms with Crippen molar-refractivity contribution in [1.29, 1.82) is 0 Å². The first-order chi connectivity index (χ1) is 8.08. The van der Waals surface area contributed by atoms with Crippen molar-refractivity contribution in [2.24, 2.45) is 0 Å². The van der Waals surface area contributed by atoms with Crippen LogP contribution in [0.1, 0.15) is 21.5 Å². The molecule has 17 heavy (non-hydrogen) atoms. The molecule has 0 fully saturated rings. The van der Waals surface area contributed by atoms with Crippen LogP contribution < -0.4 is 0 Å². The summed E-state index contributed by atoms with van der Waals surface area (Å²) in [6.45, 7) is 1.78. The highest BCUT2D eigenvalue weighted by Gasteiger charge is 2.12. The lowest BCUT2D eigenvalue weighted by molar-refractivity contribution is 0.103. The molecule has 0 heterocycles. The van der Waals surface area contributed by atoms with Gasteiger partial charge in [0.2, 0.25) is 0 Å². The Morgan fingerprint density at radius 3 is 2.41 bits per heavy atom. The molecule has 3 heteroatoms. The van der Waals surface area contributed by atoms with E-state index in [1.807, 2.05) is 0 Å². The molecule has 2 aromatic rings. The molecule has 0 aromatic heterocycles. The Kier molecular flexibility index (Phi) is 3.25. The summed E-state index contributed by atoms with van der Waals surface area (Å²) < 4.78 is 13.1. The van der Waals surface area contributed by atoms with Gasteiger partial charge < -0.3 is 0 Å². The van der Waals surface area contributed by atoms with Crippen molar-refractivity contribution in [3.8, 4) is 0 Å². The van der Waals surface area contributed by atoms with E-state index < -0.39 is 5.82 Å². The maximum Gasteiger partial charge on any atom is 0.193 e. The van der Waals surface area contributed by atoms with Crippen molar-refractivity contribution in [3.63, 3.8) is 0 Å². The molecule has 0 bridgehead atoms. The van der Waals surface area contributed by atoms with E-state index in [9.17, 15) is 9.18 Å². The molecular formula is C14H10ClFO. The molecule has 0 N–H and O–H groups in total. The van der Waals surface area contributed by atoms with E-state index in [0.717, 1.165) is 5.56 Å². The zero-order chi connectivity index (χ0) is 12.4. The summed E-state index contributed by atoms with van der Waals surface area (Å²) in [6, 6.07) is 10.7. The molecule has 0 aliphatic rings. The van der Waals surface area contributed by atoms with Crippen molar-refractivity contribution in [2.75, 3.05) is 0 Å². The number of carbonyl (C=O) groups is 1. The van der Waals surface area contributed by atoms with Crippen LogP contribution in [-0.2, 0) is 0 Å². The quantitative estimate of drug-likeness (QED) is 0.734. The van der Waals surface area contributed by atoms with Crippen molar-refractivity contribution in [3.05, 3.63) is 70.0 Å². The number of rotatable bonds is 2. The molecule has 0 unspecified atom stereocenters. The number of hydrogen-bond acceptors (Lipinski definition) is 1. The Balaban J connectivity index is 2.43. The van der Waals surface area contributed by atoms with E-state index in [4.69, 9.17) is 11.6 Å². The van der Waals surface area contributed by atoms with Crippen LogP contribution in [0.3, 0.4) is 0 Å². The molecule has 0 atom stereocenters. The predicted molar refractivity (Wildman–Crippen MR) is 66.0 cm³/mol. The summed E-state index contributed by atoms with van der Waals surface area (Å²) in [5.41, 5.74) is 1.64. The Bertz CT molecular complexity index is 561. The molecule has 2 aromatic carbocycles. The Morgan fingerprint density at radius 1 is 1.12 bits per heavy atom. The smallest absolute Gasteiger partial charge is 0.193 e. The van der Waals surface area contributed by atoms with Gasteiger partial charge in [-0.05, 0) is 48.9 Å². The normalized spacial score (nSPS) is 10.3. The fourth-order valence-corrected chi connectivity index (χ4v) is 1.72. The predicted octanol–water partition coefficient (Wildman–Crippen LogP) is 4.02. The van der Waals surface area contributed by atoms with E-state index in [1.165, 1.54) is 12.1 Å². The lowest BCUT2D eigenvalue weighted by Gasteiger charge is -2.05. The topological polar surface area (TPSA) is 17.1 Å². The number of carbonyl (C=O) groups excluding carboxylic acids is 1. The summed E-state index contributed by atoms with van der Waals surface area (Å²) >= 11 is 5.75. The molecular weight excluding hydrogens is 239 g/mol. The molecule has 0 amide bonds. The minimum absolute atomic E-state index is 0.196. The van der Waals surface area contributed by atoms with Crippen LogP contribution in [0.4, 0.5) is 4.39 Å². The van der Waals surface area contributed by atoms with Crippen molar-refractivity contribution >= 4 is 17.4 Å². The van der Waals surface area contributed by atoms with Gasteiger partial charge in [0, 0.05) is 16.1 Å². The third-order valence-electron chi connectivity index (χ3n) is 2.55. The molecule has 0 radical (unpaired) electrons. The van der Waals surface area contributed by atoms with Gasteiger partial charge in [-0.25, -0.2) is 4.39 Å². The average Bonchev–Trinajstić information content (AvgIpc) is 2.32. The Morgan fingerprint density at radius 2 is 1.76 bits per heavy atom. The van der Waals surface area contributed by atoms with Gasteiger partial charge in [-0.1, -0.05) is 17.7 Å². The zero-order valence-corrected chi connectivity index (χ0v) is 9.96. The average molecular weight is 249 g/mol. The van der Waals surface area contributed by atoms with Crippen LogP contribution in [0, 0.1) is 12.7 Å². The zero-order valence-electron chi connectivity index (χ0n) is 9.21. The van der Waals surface area contributed by atoms with Gasteiger partial charge in [-0.15, -0.1) is 0 Å². The second kappa shape index (κ2) is 4.68. The van der Waals surface area contributed by atoms with Crippen LogP contribution in [0.25, 0.3) is 0 Å². The van der Waals surface area contributed by atoms with Crippen LogP contribution in [-0.4, -0.2) is 5.78 Å². The van der Waals surface area contributed by atoms with E-state index >= 15 is 0 Å². The number of halogens is 2. The van der Waals surface area contributed by atoms with Crippen molar-refractivity contribution in [2.45, 2.75) is 6.92 Å². The number of benzene rings is 2. The maximum absolute atomic E-state index is 13.1. The van der Waals surface area contributed by atoms with Crippen LogP contribution in [0.5, 0.6) is 0 Å². The van der Waals surface area contributed by atoms with Gasteiger partial charge >= 0.3 is 0 Å². The Labute approximate surface area is 104 Å².